The van der Waals surface area contributed by atoms with Crippen LogP contribution in [0, 0.1) is 12.7 Å². The average molecular weight is 332 g/mol. The Morgan fingerprint density at radius 1 is 1.30 bits per heavy atom. The van der Waals surface area contributed by atoms with Crippen LogP contribution in [0.15, 0.2) is 36.5 Å². The van der Waals surface area contributed by atoms with Crippen LogP contribution in [0.2, 0.25) is 0 Å². The number of halogens is 1. The summed E-state index contributed by atoms with van der Waals surface area (Å²) in [5.41, 5.74) is 1.16. The first-order valence-electron chi connectivity index (χ1n) is 7.20. The van der Waals surface area contributed by atoms with Gasteiger partial charge in [-0.2, -0.15) is 0 Å². The Balaban J connectivity index is 0.000000924. The molecule has 0 spiro atoms. The van der Waals surface area contributed by atoms with Gasteiger partial charge in [-0.15, -0.1) is 0 Å². The molecule has 0 aliphatic rings. The Labute approximate surface area is 137 Å². The first-order valence-corrected chi connectivity index (χ1v) is 8.02. The van der Waals surface area contributed by atoms with Crippen molar-refractivity contribution in [1.29, 1.82) is 0 Å². The lowest BCUT2D eigenvalue weighted by molar-refractivity contribution is 0.0700. The Morgan fingerprint density at radius 2 is 2.04 bits per heavy atom. The third kappa shape index (κ3) is 3.48. The summed E-state index contributed by atoms with van der Waals surface area (Å²) >= 11 is 1.19. The van der Waals surface area contributed by atoms with E-state index in [1.807, 2.05) is 13.8 Å². The number of thiophene rings is 1. The Morgan fingerprint density at radius 3 is 2.70 bits per heavy atom. The molecular weight excluding hydrogens is 315 g/mol. The molecule has 1 aromatic carbocycles. The minimum Gasteiger partial charge on any atom is -0.478 e. The van der Waals surface area contributed by atoms with E-state index in [4.69, 9.17) is 0 Å². The Hall–Kier alpha value is -2.47. The van der Waals surface area contributed by atoms with Crippen LogP contribution in [0.3, 0.4) is 0 Å². The number of pyridine rings is 1. The smallest absolute Gasteiger partial charge is 0.339 e. The predicted octanol–water partition coefficient (Wildman–Crippen LogP) is 5.21. The summed E-state index contributed by atoms with van der Waals surface area (Å²) in [5, 5.41) is 13.2. The molecule has 0 saturated carbocycles. The number of benzene rings is 1. The van der Waals surface area contributed by atoms with Crippen molar-refractivity contribution in [3.05, 3.63) is 53.5 Å². The molecule has 2 aromatic heterocycles. The van der Waals surface area contributed by atoms with E-state index < -0.39 is 11.8 Å². The average Bonchev–Trinajstić information content (AvgIpc) is 2.90. The van der Waals surface area contributed by atoms with Crippen LogP contribution in [0.5, 0.6) is 0 Å². The lowest BCUT2D eigenvalue weighted by atomic mass is 10.2. The largest absolute Gasteiger partial charge is 0.478 e. The minimum atomic E-state index is -1.07. The molecule has 6 heteroatoms. The number of carboxylic acid groups (broad SMARTS) is 1. The van der Waals surface area contributed by atoms with E-state index in [-0.39, 0.29) is 11.3 Å². The summed E-state index contributed by atoms with van der Waals surface area (Å²) in [4.78, 5) is 16.2. The normalized spacial score (nSPS) is 10.1. The lowest BCUT2D eigenvalue weighted by Gasteiger charge is -2.07. The van der Waals surface area contributed by atoms with E-state index in [1.165, 1.54) is 17.4 Å². The number of fused-ring (bicyclic) bond motifs is 1. The van der Waals surface area contributed by atoms with Gasteiger partial charge in [0.1, 0.15) is 21.2 Å². The van der Waals surface area contributed by atoms with E-state index in [2.05, 4.69) is 10.3 Å². The van der Waals surface area contributed by atoms with Gasteiger partial charge in [0.25, 0.3) is 0 Å². The quantitative estimate of drug-likeness (QED) is 0.691. The van der Waals surface area contributed by atoms with Crippen LogP contribution < -0.4 is 5.32 Å². The summed E-state index contributed by atoms with van der Waals surface area (Å²) in [7, 11) is 0. The van der Waals surface area contributed by atoms with Crippen LogP contribution in [0.25, 0.3) is 10.2 Å². The maximum absolute atomic E-state index is 13.9. The highest BCUT2D eigenvalue weighted by Crippen LogP contribution is 2.36. The summed E-state index contributed by atoms with van der Waals surface area (Å²) in [6.45, 7) is 5.79. The number of hydrogen-bond acceptors (Lipinski definition) is 4. The van der Waals surface area contributed by atoms with Gasteiger partial charge < -0.3 is 10.4 Å². The van der Waals surface area contributed by atoms with Crippen LogP contribution in [0.4, 0.5) is 15.1 Å². The SMILES string of the molecule is CC.Cc1ccc(Nc2sc3ncccc3c2C(=O)O)c(F)c1. The molecule has 0 saturated heterocycles. The topological polar surface area (TPSA) is 62.2 Å². The minimum absolute atomic E-state index is 0.114. The highest BCUT2D eigenvalue weighted by molar-refractivity contribution is 7.23. The van der Waals surface area contributed by atoms with Gasteiger partial charge in [-0.25, -0.2) is 14.2 Å². The summed E-state index contributed by atoms with van der Waals surface area (Å²) < 4.78 is 13.9. The highest BCUT2D eigenvalue weighted by Gasteiger charge is 2.19. The molecule has 23 heavy (non-hydrogen) atoms. The number of aromatic nitrogens is 1. The third-order valence-corrected chi connectivity index (χ3v) is 4.08. The second-order valence-corrected chi connectivity index (χ2v) is 5.57. The molecule has 0 aliphatic carbocycles. The Bertz CT molecular complexity index is 846. The van der Waals surface area contributed by atoms with Crippen LogP contribution in [-0.2, 0) is 0 Å². The molecule has 0 unspecified atom stereocenters. The van der Waals surface area contributed by atoms with Crippen molar-refractivity contribution in [3.63, 3.8) is 0 Å². The summed E-state index contributed by atoms with van der Waals surface area (Å²) in [6.07, 6.45) is 1.60. The van der Waals surface area contributed by atoms with Gasteiger partial charge in [-0.1, -0.05) is 31.3 Å². The Kier molecular flexibility index (Phi) is 5.28. The number of carbonyl (C=O) groups is 1. The third-order valence-electron chi connectivity index (χ3n) is 3.05. The molecule has 0 fully saturated rings. The second kappa shape index (κ2) is 7.19. The number of aryl methyl sites for hydroxylation is 1. The van der Waals surface area contributed by atoms with Crippen molar-refractivity contribution in [2.75, 3.05) is 5.32 Å². The molecule has 2 N–H and O–H groups in total. The van der Waals surface area contributed by atoms with Gasteiger partial charge in [-0.3, -0.25) is 0 Å². The lowest BCUT2D eigenvalue weighted by Crippen LogP contribution is -2.01. The number of rotatable bonds is 3. The number of anilines is 2. The molecule has 0 bridgehead atoms. The zero-order chi connectivity index (χ0) is 17.0. The van der Waals surface area contributed by atoms with Gasteiger partial charge in [0, 0.05) is 11.6 Å². The molecule has 120 valence electrons. The molecule has 0 radical (unpaired) electrons. The van der Waals surface area contributed by atoms with Crippen LogP contribution >= 0.6 is 11.3 Å². The first kappa shape index (κ1) is 16.9. The second-order valence-electron chi connectivity index (χ2n) is 4.58. The fourth-order valence-corrected chi connectivity index (χ4v) is 3.12. The number of nitrogens with one attached hydrogen (secondary N) is 1. The van der Waals surface area contributed by atoms with E-state index in [0.717, 1.165) is 5.56 Å². The van der Waals surface area contributed by atoms with E-state index in [0.29, 0.717) is 15.2 Å². The summed E-state index contributed by atoms with van der Waals surface area (Å²) in [6, 6.07) is 8.12. The number of hydrogen-bond donors (Lipinski definition) is 2. The van der Waals surface area contributed by atoms with Crippen molar-refractivity contribution < 1.29 is 14.3 Å². The molecule has 3 aromatic rings. The van der Waals surface area contributed by atoms with Crippen molar-refractivity contribution in [3.8, 4) is 0 Å². The zero-order valence-corrected chi connectivity index (χ0v) is 13.9. The molecule has 0 atom stereocenters. The van der Waals surface area contributed by atoms with E-state index >= 15 is 0 Å². The van der Waals surface area contributed by atoms with Crippen molar-refractivity contribution in [2.24, 2.45) is 0 Å². The van der Waals surface area contributed by atoms with Crippen LogP contribution in [-0.4, -0.2) is 16.1 Å². The molecule has 0 aliphatic heterocycles. The molecule has 2 heterocycles. The highest BCUT2D eigenvalue weighted by atomic mass is 32.1. The standard InChI is InChI=1S/C15H11FN2O2S.C2H6/c1-8-4-5-11(10(16)7-8)18-14-12(15(19)20)9-3-2-6-17-13(9)21-14;1-2/h2-7,18H,1H3,(H,19,20);1-2H3. The predicted molar refractivity (Wildman–Crippen MR) is 92.3 cm³/mol. The van der Waals surface area contributed by atoms with E-state index in [1.54, 1.807) is 37.4 Å². The maximum atomic E-state index is 13.9. The van der Waals surface area contributed by atoms with Gasteiger partial charge in [-0.05, 0) is 36.8 Å². The van der Waals surface area contributed by atoms with Gasteiger partial charge in [0.2, 0.25) is 0 Å². The fourth-order valence-electron chi connectivity index (χ4n) is 2.08. The molecule has 0 amide bonds. The fraction of sp³-hybridized carbons (Fsp3) is 0.176. The van der Waals surface area contributed by atoms with E-state index in [9.17, 15) is 14.3 Å². The zero-order valence-electron chi connectivity index (χ0n) is 13.1. The first-order chi connectivity index (χ1) is 11.1. The van der Waals surface area contributed by atoms with Crippen molar-refractivity contribution >= 4 is 38.2 Å². The monoisotopic (exact) mass is 332 g/mol. The van der Waals surface area contributed by atoms with Crippen molar-refractivity contribution in [2.45, 2.75) is 20.8 Å². The number of carboxylic acids is 1. The number of nitrogens with zero attached hydrogens (tertiary/aromatic N) is 1. The summed E-state index contributed by atoms with van der Waals surface area (Å²) in [5.74, 6) is -1.49. The molecule has 3 rings (SSSR count). The van der Waals surface area contributed by atoms with Gasteiger partial charge in [0.05, 0.1) is 5.69 Å². The van der Waals surface area contributed by atoms with Crippen LogP contribution in [0.1, 0.15) is 29.8 Å². The van der Waals surface area contributed by atoms with Gasteiger partial charge >= 0.3 is 5.97 Å². The van der Waals surface area contributed by atoms with Gasteiger partial charge in [0.15, 0.2) is 0 Å². The molecular formula is C17H17FN2O2S. The van der Waals surface area contributed by atoms with Crippen molar-refractivity contribution in [1.82, 2.24) is 4.98 Å². The molecule has 4 nitrogen and oxygen atoms in total. The number of aromatic carboxylic acids is 1. The maximum Gasteiger partial charge on any atom is 0.339 e.